The van der Waals surface area contributed by atoms with Crippen molar-refractivity contribution in [2.75, 3.05) is 6.54 Å². The van der Waals surface area contributed by atoms with Crippen molar-refractivity contribution in [2.24, 2.45) is 0 Å². The first kappa shape index (κ1) is 25.8. The van der Waals surface area contributed by atoms with Crippen LogP contribution in [0.25, 0.3) is 16.9 Å². The van der Waals surface area contributed by atoms with E-state index in [1.807, 2.05) is 60.4 Å². The number of hydrogen-bond acceptors (Lipinski definition) is 7. The number of carbonyl (C=O) groups excluding carboxylic acids is 1. The van der Waals surface area contributed by atoms with Crippen molar-refractivity contribution in [2.45, 2.75) is 38.5 Å². The standard InChI is InChI=1S/C25H26N6O5S/c1-4-22-28-23-16(2)14-17(3)27-24(23)30(22)19-10-8-18(9-11-19)12-13-26-25(32)29-37(35,36)21-7-5-6-20(15-21)31(33)34/h5-11,14-15H,4,12-13H2,1-3H3,(H2,26,29,32). The van der Waals surface area contributed by atoms with Crippen LogP contribution in [0.3, 0.4) is 0 Å². The number of nitro benzene ring substituents is 1. The molecule has 2 aromatic heterocycles. The molecule has 4 rings (SSSR count). The lowest BCUT2D eigenvalue weighted by Crippen LogP contribution is -2.40. The number of pyridine rings is 1. The molecule has 0 bridgehead atoms. The second kappa shape index (κ2) is 10.3. The Hall–Kier alpha value is -4.32. The summed E-state index contributed by atoms with van der Waals surface area (Å²) in [6, 6.07) is 13.4. The van der Waals surface area contributed by atoms with E-state index >= 15 is 0 Å². The number of nitro groups is 1. The molecule has 0 unspecified atom stereocenters. The van der Waals surface area contributed by atoms with Crippen molar-refractivity contribution in [1.29, 1.82) is 0 Å². The molecule has 2 aromatic carbocycles. The van der Waals surface area contributed by atoms with Gasteiger partial charge in [-0.3, -0.25) is 14.7 Å². The van der Waals surface area contributed by atoms with Gasteiger partial charge < -0.3 is 5.32 Å². The third-order valence-corrected chi connectivity index (χ3v) is 7.11. The van der Waals surface area contributed by atoms with Crippen molar-refractivity contribution >= 4 is 32.9 Å². The van der Waals surface area contributed by atoms with Gasteiger partial charge in [0.15, 0.2) is 5.65 Å². The third kappa shape index (κ3) is 5.59. The average Bonchev–Trinajstić information content (AvgIpc) is 3.23. The highest BCUT2D eigenvalue weighted by molar-refractivity contribution is 7.90. The van der Waals surface area contributed by atoms with Gasteiger partial charge in [-0.15, -0.1) is 0 Å². The van der Waals surface area contributed by atoms with E-state index in [4.69, 9.17) is 9.97 Å². The highest BCUT2D eigenvalue weighted by Crippen LogP contribution is 2.24. The molecule has 0 saturated heterocycles. The van der Waals surface area contributed by atoms with Crippen LogP contribution in [0.1, 0.15) is 29.6 Å². The average molecular weight is 523 g/mol. The summed E-state index contributed by atoms with van der Waals surface area (Å²) in [5.41, 5.74) is 5.16. The number of carbonyl (C=O) groups is 1. The molecule has 0 aliphatic carbocycles. The Bertz CT molecular complexity index is 1600. The summed E-state index contributed by atoms with van der Waals surface area (Å²) >= 11 is 0. The number of rotatable bonds is 8. The van der Waals surface area contributed by atoms with Crippen LogP contribution in [0.4, 0.5) is 10.5 Å². The highest BCUT2D eigenvalue weighted by Gasteiger charge is 2.20. The van der Waals surface area contributed by atoms with Crippen LogP contribution in [0, 0.1) is 24.0 Å². The van der Waals surface area contributed by atoms with Crippen molar-refractivity contribution in [3.63, 3.8) is 0 Å². The lowest BCUT2D eigenvalue weighted by Gasteiger charge is -2.11. The number of benzene rings is 2. The van der Waals surface area contributed by atoms with Gasteiger partial charge in [-0.1, -0.05) is 25.1 Å². The predicted octanol–water partition coefficient (Wildman–Crippen LogP) is 3.74. The molecule has 0 atom stereocenters. The normalized spacial score (nSPS) is 11.4. The lowest BCUT2D eigenvalue weighted by molar-refractivity contribution is -0.385. The molecule has 2 N–H and O–H groups in total. The van der Waals surface area contributed by atoms with E-state index in [9.17, 15) is 23.3 Å². The van der Waals surface area contributed by atoms with Gasteiger partial charge in [0.1, 0.15) is 11.3 Å². The first-order chi connectivity index (χ1) is 17.6. The predicted molar refractivity (Wildman–Crippen MR) is 138 cm³/mol. The summed E-state index contributed by atoms with van der Waals surface area (Å²) in [6.45, 7) is 6.21. The summed E-state index contributed by atoms with van der Waals surface area (Å²) < 4.78 is 28.7. The fraction of sp³-hybridized carbons (Fsp3) is 0.240. The number of amides is 2. The minimum Gasteiger partial charge on any atom is -0.337 e. The Morgan fingerprint density at radius 3 is 2.49 bits per heavy atom. The Morgan fingerprint density at radius 1 is 1.08 bits per heavy atom. The molecule has 0 saturated carbocycles. The van der Waals surface area contributed by atoms with Gasteiger partial charge in [-0.05, 0) is 55.7 Å². The van der Waals surface area contributed by atoms with Gasteiger partial charge in [0.25, 0.3) is 15.7 Å². The number of nitrogens with one attached hydrogen (secondary N) is 2. The summed E-state index contributed by atoms with van der Waals surface area (Å²) in [5.74, 6) is 0.909. The van der Waals surface area contributed by atoms with Crippen LogP contribution in [0.5, 0.6) is 0 Å². The van der Waals surface area contributed by atoms with Gasteiger partial charge in [0.05, 0.1) is 9.82 Å². The van der Waals surface area contributed by atoms with Crippen molar-refractivity contribution in [3.8, 4) is 5.69 Å². The smallest absolute Gasteiger partial charge is 0.328 e. The van der Waals surface area contributed by atoms with Gasteiger partial charge >= 0.3 is 6.03 Å². The fourth-order valence-corrected chi connectivity index (χ4v) is 5.00. The number of urea groups is 1. The molecule has 0 radical (unpaired) electrons. The van der Waals surface area contributed by atoms with Gasteiger partial charge in [-0.2, -0.15) is 0 Å². The highest BCUT2D eigenvalue weighted by atomic mass is 32.2. The molecule has 192 valence electrons. The summed E-state index contributed by atoms with van der Waals surface area (Å²) in [6.07, 6.45) is 1.21. The Kier molecular flexibility index (Phi) is 7.21. The van der Waals surface area contributed by atoms with Gasteiger partial charge in [0.2, 0.25) is 0 Å². The number of nitrogens with zero attached hydrogens (tertiary/aromatic N) is 4. The van der Waals surface area contributed by atoms with Crippen LogP contribution in [0.15, 0.2) is 59.5 Å². The molecule has 2 heterocycles. The third-order valence-electron chi connectivity index (χ3n) is 5.78. The number of aryl methyl sites for hydroxylation is 3. The number of aromatic nitrogens is 3. The van der Waals surface area contributed by atoms with Gasteiger partial charge in [0, 0.05) is 36.5 Å². The summed E-state index contributed by atoms with van der Waals surface area (Å²) in [7, 11) is -4.25. The molecular formula is C25H26N6O5S. The van der Waals surface area contributed by atoms with E-state index < -0.39 is 21.0 Å². The first-order valence-electron chi connectivity index (χ1n) is 11.6. The molecule has 0 spiro atoms. The topological polar surface area (TPSA) is 149 Å². The van der Waals surface area contributed by atoms with Gasteiger partial charge in [-0.25, -0.2) is 27.9 Å². The van der Waals surface area contributed by atoms with Crippen LogP contribution >= 0.6 is 0 Å². The number of non-ortho nitro benzene ring substituents is 1. The maximum Gasteiger partial charge on any atom is 0.328 e. The van der Waals surface area contributed by atoms with Crippen LogP contribution in [0.2, 0.25) is 0 Å². The Balaban J connectivity index is 1.40. The SMILES string of the molecule is CCc1nc2c(C)cc(C)nc2n1-c1ccc(CCNC(=O)NS(=O)(=O)c2cccc([N+](=O)[O-])c2)cc1. The Morgan fingerprint density at radius 2 is 1.81 bits per heavy atom. The van der Waals surface area contributed by atoms with E-state index in [0.29, 0.717) is 6.42 Å². The molecule has 37 heavy (non-hydrogen) atoms. The van der Waals surface area contributed by atoms with E-state index in [1.54, 1.807) is 0 Å². The second-order valence-corrected chi connectivity index (χ2v) is 10.2. The fourth-order valence-electron chi connectivity index (χ4n) is 4.03. The van der Waals surface area contributed by atoms with E-state index in [2.05, 4.69) is 5.32 Å². The largest absolute Gasteiger partial charge is 0.337 e. The van der Waals surface area contributed by atoms with Crippen molar-refractivity contribution in [3.05, 3.63) is 87.4 Å². The minimum absolute atomic E-state index is 0.184. The zero-order valence-corrected chi connectivity index (χ0v) is 21.4. The molecule has 0 fully saturated rings. The van der Waals surface area contributed by atoms with Crippen molar-refractivity contribution in [1.82, 2.24) is 24.6 Å². The molecule has 11 nitrogen and oxygen atoms in total. The summed E-state index contributed by atoms with van der Waals surface area (Å²) in [4.78, 5) is 31.4. The molecule has 4 aromatic rings. The van der Waals surface area contributed by atoms with Crippen molar-refractivity contribution < 1.29 is 18.1 Å². The first-order valence-corrected chi connectivity index (χ1v) is 13.1. The number of sulfonamides is 1. The number of imidazole rings is 1. The molecule has 0 aliphatic rings. The molecule has 12 heteroatoms. The molecule has 0 aliphatic heterocycles. The minimum atomic E-state index is -4.25. The van der Waals surface area contributed by atoms with Crippen LogP contribution in [-0.2, 0) is 22.9 Å². The molecule has 2 amide bonds. The quantitative estimate of drug-likeness (QED) is 0.264. The zero-order chi connectivity index (χ0) is 26.7. The Labute approximate surface area is 213 Å². The zero-order valence-electron chi connectivity index (χ0n) is 20.6. The lowest BCUT2D eigenvalue weighted by atomic mass is 10.1. The second-order valence-electron chi connectivity index (χ2n) is 8.50. The molecular weight excluding hydrogens is 496 g/mol. The van der Waals surface area contributed by atoms with Crippen LogP contribution < -0.4 is 10.0 Å². The number of fused-ring (bicyclic) bond motifs is 1. The monoisotopic (exact) mass is 522 g/mol. The maximum atomic E-state index is 12.4. The number of hydrogen-bond donors (Lipinski definition) is 2. The summed E-state index contributed by atoms with van der Waals surface area (Å²) in [5, 5.41) is 13.4. The van der Waals surface area contributed by atoms with E-state index in [0.717, 1.165) is 52.0 Å². The van der Waals surface area contributed by atoms with E-state index in [1.165, 1.54) is 18.2 Å². The van der Waals surface area contributed by atoms with Crippen LogP contribution in [-0.4, -0.2) is 40.5 Å². The maximum absolute atomic E-state index is 12.4. The van der Waals surface area contributed by atoms with E-state index in [-0.39, 0.29) is 17.1 Å².